The van der Waals surface area contributed by atoms with Crippen LogP contribution in [-0.2, 0) is 16.0 Å². The summed E-state index contributed by atoms with van der Waals surface area (Å²) >= 11 is 0. The van der Waals surface area contributed by atoms with E-state index in [0.717, 1.165) is 43.2 Å². The maximum Gasteiger partial charge on any atom is 0.254 e. The summed E-state index contributed by atoms with van der Waals surface area (Å²) in [7, 11) is 1.63. The van der Waals surface area contributed by atoms with Gasteiger partial charge in [-0.1, -0.05) is 49.6 Å². The summed E-state index contributed by atoms with van der Waals surface area (Å²) in [6.45, 7) is 1.32. The van der Waals surface area contributed by atoms with Crippen LogP contribution >= 0.6 is 0 Å². The highest BCUT2D eigenvalue weighted by atomic mass is 19.1. The van der Waals surface area contributed by atoms with Gasteiger partial charge >= 0.3 is 0 Å². The Kier molecular flexibility index (Phi) is 6.89. The van der Waals surface area contributed by atoms with Crippen molar-refractivity contribution >= 4 is 11.8 Å². The molecule has 0 radical (unpaired) electrons. The quantitative estimate of drug-likeness (QED) is 0.709. The Hall–Kier alpha value is -2.73. The average Bonchev–Trinajstić information content (AvgIpc) is 2.80. The third-order valence-corrected chi connectivity index (χ3v) is 6.92. The Morgan fingerprint density at radius 2 is 1.94 bits per heavy atom. The van der Waals surface area contributed by atoms with Crippen LogP contribution in [-0.4, -0.2) is 49.1 Å². The van der Waals surface area contributed by atoms with Crippen LogP contribution in [0.3, 0.4) is 0 Å². The predicted molar refractivity (Wildman–Crippen MR) is 121 cm³/mol. The first-order chi connectivity index (χ1) is 15.6. The largest absolute Gasteiger partial charge is 0.383 e. The molecule has 170 valence electrons. The van der Waals surface area contributed by atoms with Gasteiger partial charge in [0.15, 0.2) is 0 Å². The SMILES string of the molecule is COCCN1C(=O)c2ccccc2[C@@H](C(=O)NCCc2cccc(F)c2)C12CCCCC2. The van der Waals surface area contributed by atoms with Crippen LogP contribution in [0.2, 0.25) is 0 Å². The monoisotopic (exact) mass is 438 g/mol. The van der Waals surface area contributed by atoms with Crippen LogP contribution in [0.25, 0.3) is 0 Å². The number of fused-ring (bicyclic) bond motifs is 1. The summed E-state index contributed by atoms with van der Waals surface area (Å²) in [5.74, 6) is -0.779. The number of hydrogen-bond acceptors (Lipinski definition) is 3. The number of amides is 2. The smallest absolute Gasteiger partial charge is 0.254 e. The number of halogens is 1. The Balaban J connectivity index is 1.64. The highest BCUT2D eigenvalue weighted by Gasteiger charge is 2.54. The summed E-state index contributed by atoms with van der Waals surface area (Å²) in [6.07, 6.45) is 5.26. The zero-order chi connectivity index (χ0) is 22.6. The van der Waals surface area contributed by atoms with E-state index in [1.54, 1.807) is 13.2 Å². The number of carbonyl (C=O) groups excluding carboxylic acids is 2. The maximum atomic E-state index is 13.7. The molecule has 0 unspecified atom stereocenters. The van der Waals surface area contributed by atoms with E-state index in [0.29, 0.717) is 31.7 Å². The minimum absolute atomic E-state index is 0.0108. The molecule has 5 nitrogen and oxygen atoms in total. The standard InChI is InChI=1S/C26H31FN2O3/c1-32-17-16-29-25(31)22-11-4-3-10-21(22)23(26(29)13-5-2-6-14-26)24(30)28-15-12-19-8-7-9-20(27)18-19/h3-4,7-11,18,23H,2,5-6,12-17H2,1H3,(H,28,30)/t23-/m0/s1. The molecule has 1 aliphatic carbocycles. The van der Waals surface area contributed by atoms with Crippen LogP contribution in [0.15, 0.2) is 48.5 Å². The van der Waals surface area contributed by atoms with Crippen molar-refractivity contribution in [3.05, 3.63) is 71.0 Å². The molecule has 0 saturated heterocycles. The van der Waals surface area contributed by atoms with Crippen LogP contribution in [0.1, 0.15) is 59.5 Å². The second kappa shape index (κ2) is 9.82. The second-order valence-electron chi connectivity index (χ2n) is 8.81. The van der Waals surface area contributed by atoms with Gasteiger partial charge in [-0.3, -0.25) is 9.59 Å². The third-order valence-electron chi connectivity index (χ3n) is 6.92. The molecule has 2 aromatic carbocycles. The van der Waals surface area contributed by atoms with E-state index in [2.05, 4.69) is 5.32 Å². The molecule has 1 atom stereocenters. The van der Waals surface area contributed by atoms with Gasteiger partial charge in [-0.2, -0.15) is 0 Å². The molecule has 4 rings (SSSR count). The minimum Gasteiger partial charge on any atom is -0.383 e. The average molecular weight is 439 g/mol. The molecule has 1 spiro atoms. The summed E-state index contributed by atoms with van der Waals surface area (Å²) < 4.78 is 18.8. The topological polar surface area (TPSA) is 58.6 Å². The van der Waals surface area contributed by atoms with Crippen molar-refractivity contribution in [3.63, 3.8) is 0 Å². The molecule has 1 fully saturated rings. The molecule has 0 aromatic heterocycles. The lowest BCUT2D eigenvalue weighted by atomic mass is 9.65. The molecule has 2 aliphatic rings. The Labute approximate surface area is 188 Å². The van der Waals surface area contributed by atoms with E-state index in [-0.39, 0.29) is 17.6 Å². The van der Waals surface area contributed by atoms with Crippen molar-refractivity contribution in [2.24, 2.45) is 0 Å². The maximum absolute atomic E-state index is 13.7. The number of hydrogen-bond donors (Lipinski definition) is 1. The summed E-state index contributed by atoms with van der Waals surface area (Å²) in [5, 5.41) is 3.09. The molecule has 2 amide bonds. The fraction of sp³-hybridized carbons (Fsp3) is 0.462. The summed E-state index contributed by atoms with van der Waals surface area (Å²) in [4.78, 5) is 29.1. The van der Waals surface area contributed by atoms with Crippen LogP contribution < -0.4 is 5.32 Å². The first kappa shape index (κ1) is 22.5. The van der Waals surface area contributed by atoms with Crippen molar-refractivity contribution in [1.82, 2.24) is 10.2 Å². The number of ether oxygens (including phenoxy) is 1. The number of carbonyl (C=O) groups is 2. The van der Waals surface area contributed by atoms with E-state index in [4.69, 9.17) is 4.74 Å². The molecule has 32 heavy (non-hydrogen) atoms. The van der Waals surface area contributed by atoms with E-state index < -0.39 is 11.5 Å². The highest BCUT2D eigenvalue weighted by molar-refractivity contribution is 6.02. The van der Waals surface area contributed by atoms with Crippen molar-refractivity contribution in [1.29, 1.82) is 0 Å². The van der Waals surface area contributed by atoms with Crippen LogP contribution in [0.5, 0.6) is 0 Å². The lowest BCUT2D eigenvalue weighted by Gasteiger charge is -2.53. The fourth-order valence-corrected chi connectivity index (χ4v) is 5.48. The van der Waals surface area contributed by atoms with Crippen LogP contribution in [0, 0.1) is 5.82 Å². The van der Waals surface area contributed by atoms with Crippen molar-refractivity contribution < 1.29 is 18.7 Å². The number of benzene rings is 2. The van der Waals surface area contributed by atoms with Gasteiger partial charge in [0.1, 0.15) is 5.82 Å². The van der Waals surface area contributed by atoms with Gasteiger partial charge in [0, 0.05) is 25.8 Å². The number of nitrogens with zero attached hydrogens (tertiary/aromatic N) is 1. The van der Waals surface area contributed by atoms with Gasteiger partial charge in [0.2, 0.25) is 5.91 Å². The third kappa shape index (κ3) is 4.29. The minimum atomic E-state index is -0.537. The molecule has 1 N–H and O–H groups in total. The van der Waals surface area contributed by atoms with Gasteiger partial charge in [-0.15, -0.1) is 0 Å². The Morgan fingerprint density at radius 1 is 1.16 bits per heavy atom. The van der Waals surface area contributed by atoms with Gasteiger partial charge in [-0.25, -0.2) is 4.39 Å². The predicted octanol–water partition coefficient (Wildman–Crippen LogP) is 4.07. The van der Waals surface area contributed by atoms with E-state index in [1.165, 1.54) is 12.1 Å². The molecule has 2 aromatic rings. The molecule has 1 saturated carbocycles. The molecule has 6 heteroatoms. The first-order valence-electron chi connectivity index (χ1n) is 11.5. The molecular weight excluding hydrogens is 407 g/mol. The number of rotatable bonds is 7. The van der Waals surface area contributed by atoms with Gasteiger partial charge in [0.25, 0.3) is 5.91 Å². The number of methoxy groups -OCH3 is 1. The number of nitrogens with one attached hydrogen (secondary N) is 1. The van der Waals surface area contributed by atoms with Crippen molar-refractivity contribution in [3.8, 4) is 0 Å². The van der Waals surface area contributed by atoms with Crippen molar-refractivity contribution in [2.75, 3.05) is 26.8 Å². The second-order valence-corrected chi connectivity index (χ2v) is 8.81. The lowest BCUT2D eigenvalue weighted by molar-refractivity contribution is -0.127. The summed E-state index contributed by atoms with van der Waals surface area (Å²) in [5.41, 5.74) is 1.73. The van der Waals surface area contributed by atoms with E-state index in [1.807, 2.05) is 35.2 Å². The molecule has 1 aliphatic heterocycles. The Morgan fingerprint density at radius 3 is 2.69 bits per heavy atom. The molecule has 1 heterocycles. The van der Waals surface area contributed by atoms with Gasteiger partial charge in [0.05, 0.1) is 18.1 Å². The zero-order valence-electron chi connectivity index (χ0n) is 18.6. The normalized spacial score (nSPS) is 19.6. The van der Waals surface area contributed by atoms with Crippen LogP contribution in [0.4, 0.5) is 4.39 Å². The van der Waals surface area contributed by atoms with E-state index in [9.17, 15) is 14.0 Å². The fourth-order valence-electron chi connectivity index (χ4n) is 5.48. The Bertz CT molecular complexity index is 971. The zero-order valence-corrected chi connectivity index (χ0v) is 18.6. The van der Waals surface area contributed by atoms with Gasteiger partial charge < -0.3 is 15.0 Å². The first-order valence-corrected chi connectivity index (χ1v) is 11.5. The molecule has 0 bridgehead atoms. The van der Waals surface area contributed by atoms with Gasteiger partial charge in [-0.05, 0) is 48.6 Å². The molecular formula is C26H31FN2O3. The lowest BCUT2D eigenvalue weighted by Crippen LogP contribution is -2.63. The van der Waals surface area contributed by atoms with Crippen molar-refractivity contribution in [2.45, 2.75) is 50.0 Å². The van der Waals surface area contributed by atoms with E-state index >= 15 is 0 Å². The summed E-state index contributed by atoms with van der Waals surface area (Å²) in [6, 6.07) is 14.0. The highest BCUT2D eigenvalue weighted by Crippen LogP contribution is 2.49.